The van der Waals surface area contributed by atoms with Crippen LogP contribution < -0.4 is 0 Å². The molecule has 0 atom stereocenters. The highest BCUT2D eigenvalue weighted by Crippen LogP contribution is 1.95. The fourth-order valence-electron chi connectivity index (χ4n) is 0.443. The van der Waals surface area contributed by atoms with Crippen molar-refractivity contribution in [3.8, 4) is 12.3 Å². The van der Waals surface area contributed by atoms with Crippen molar-refractivity contribution < 1.29 is 9.90 Å². The van der Waals surface area contributed by atoms with E-state index in [0.29, 0.717) is 0 Å². The van der Waals surface area contributed by atoms with E-state index in [2.05, 4.69) is 12.5 Å². The molecule has 11 heavy (non-hydrogen) atoms. The van der Waals surface area contributed by atoms with E-state index in [1.54, 1.807) is 0 Å². The topological polar surface area (TPSA) is 37.3 Å². The van der Waals surface area contributed by atoms with Crippen LogP contribution in [-0.2, 0) is 4.79 Å². The van der Waals surface area contributed by atoms with Gasteiger partial charge in [-0.3, -0.25) is 0 Å². The number of terminal acetylenes is 1. The minimum Gasteiger partial charge on any atom is -0.478 e. The standard InChI is InChI=1S/C9H8O2/c1-3-5-7-8(6-4-2)9(10)11/h2-3,5-7H,1H2,(H,10,11)/b7-5-,8-6+. The first-order valence-electron chi connectivity index (χ1n) is 2.91. The molecule has 0 aromatic heterocycles. The molecular weight excluding hydrogens is 140 g/mol. The van der Waals surface area contributed by atoms with Crippen LogP contribution >= 0.6 is 0 Å². The van der Waals surface area contributed by atoms with E-state index in [1.165, 1.54) is 24.3 Å². The molecule has 1 N–H and O–H groups in total. The number of hydrogen-bond donors (Lipinski definition) is 1. The van der Waals surface area contributed by atoms with Crippen molar-refractivity contribution in [3.05, 3.63) is 36.5 Å². The zero-order valence-electron chi connectivity index (χ0n) is 5.95. The van der Waals surface area contributed by atoms with Gasteiger partial charge in [0.2, 0.25) is 0 Å². The van der Waals surface area contributed by atoms with E-state index in [1.807, 2.05) is 0 Å². The molecule has 0 unspecified atom stereocenters. The summed E-state index contributed by atoms with van der Waals surface area (Å²) >= 11 is 0. The predicted octanol–water partition coefficient (Wildman–Crippen LogP) is 1.37. The molecule has 0 saturated heterocycles. The monoisotopic (exact) mass is 148 g/mol. The van der Waals surface area contributed by atoms with Crippen LogP contribution in [0.25, 0.3) is 0 Å². The number of allylic oxidation sites excluding steroid dienone is 3. The molecule has 0 aromatic rings. The van der Waals surface area contributed by atoms with Crippen molar-refractivity contribution in [1.82, 2.24) is 0 Å². The van der Waals surface area contributed by atoms with Gasteiger partial charge >= 0.3 is 5.97 Å². The van der Waals surface area contributed by atoms with Crippen LogP contribution in [0.1, 0.15) is 0 Å². The Kier molecular flexibility index (Phi) is 4.26. The molecule has 0 radical (unpaired) electrons. The summed E-state index contributed by atoms with van der Waals surface area (Å²) in [7, 11) is 0. The fraction of sp³-hybridized carbons (Fsp3) is 0. The van der Waals surface area contributed by atoms with E-state index in [9.17, 15) is 4.79 Å². The maximum absolute atomic E-state index is 10.3. The number of carbonyl (C=O) groups is 1. The highest BCUT2D eigenvalue weighted by atomic mass is 16.4. The number of aliphatic carboxylic acids is 1. The quantitative estimate of drug-likeness (QED) is 0.373. The Morgan fingerprint density at radius 3 is 2.64 bits per heavy atom. The zero-order valence-corrected chi connectivity index (χ0v) is 5.95. The van der Waals surface area contributed by atoms with Crippen molar-refractivity contribution in [1.29, 1.82) is 0 Å². The van der Waals surface area contributed by atoms with Crippen LogP contribution in [0.2, 0.25) is 0 Å². The smallest absolute Gasteiger partial charge is 0.336 e. The van der Waals surface area contributed by atoms with Gasteiger partial charge in [0.1, 0.15) is 0 Å². The Balaban J connectivity index is 4.52. The number of rotatable bonds is 3. The van der Waals surface area contributed by atoms with Crippen LogP contribution in [0.5, 0.6) is 0 Å². The van der Waals surface area contributed by atoms with E-state index in [4.69, 9.17) is 11.5 Å². The maximum atomic E-state index is 10.3. The van der Waals surface area contributed by atoms with Crippen LogP contribution in [-0.4, -0.2) is 11.1 Å². The van der Waals surface area contributed by atoms with Crippen LogP contribution in [0.4, 0.5) is 0 Å². The van der Waals surface area contributed by atoms with Gasteiger partial charge in [-0.25, -0.2) is 4.79 Å². The molecule has 56 valence electrons. The molecule has 0 heterocycles. The SMILES string of the molecule is C#C/C=C(\C=C/C=C)C(=O)O. The molecule has 0 bridgehead atoms. The van der Waals surface area contributed by atoms with Crippen molar-refractivity contribution in [2.45, 2.75) is 0 Å². The molecule has 0 rings (SSSR count). The normalized spacial score (nSPS) is 11.0. The maximum Gasteiger partial charge on any atom is 0.336 e. The molecule has 0 aliphatic rings. The summed E-state index contributed by atoms with van der Waals surface area (Å²) in [6, 6.07) is 0. The minimum absolute atomic E-state index is 0.0763. The lowest BCUT2D eigenvalue weighted by Crippen LogP contribution is -1.96. The molecule has 0 aromatic carbocycles. The van der Waals surface area contributed by atoms with E-state index in [0.717, 1.165) is 0 Å². The van der Waals surface area contributed by atoms with Crippen LogP contribution in [0.15, 0.2) is 36.5 Å². The summed E-state index contributed by atoms with van der Waals surface area (Å²) in [6.45, 7) is 3.39. The Morgan fingerprint density at radius 1 is 1.64 bits per heavy atom. The lowest BCUT2D eigenvalue weighted by atomic mass is 10.2. The third kappa shape index (κ3) is 3.77. The Hall–Kier alpha value is -1.75. The van der Waals surface area contributed by atoms with Crippen molar-refractivity contribution in [2.75, 3.05) is 0 Å². The lowest BCUT2D eigenvalue weighted by molar-refractivity contribution is -0.132. The molecule has 2 heteroatoms. The molecule has 0 spiro atoms. The van der Waals surface area contributed by atoms with E-state index >= 15 is 0 Å². The molecule has 0 saturated carbocycles. The summed E-state index contributed by atoms with van der Waals surface area (Å²) in [5.74, 6) is 1.09. The second kappa shape index (κ2) is 5.07. The lowest BCUT2D eigenvalue weighted by Gasteiger charge is -1.88. The molecule has 0 amide bonds. The van der Waals surface area contributed by atoms with Gasteiger partial charge in [-0.1, -0.05) is 24.7 Å². The summed E-state index contributed by atoms with van der Waals surface area (Å²) in [5, 5.41) is 8.48. The largest absolute Gasteiger partial charge is 0.478 e. The van der Waals surface area contributed by atoms with Gasteiger partial charge in [0.15, 0.2) is 0 Å². The minimum atomic E-state index is -1.04. The second-order valence-corrected chi connectivity index (χ2v) is 1.67. The summed E-state index contributed by atoms with van der Waals surface area (Å²) < 4.78 is 0. The molecule has 0 aliphatic heterocycles. The molecule has 2 nitrogen and oxygen atoms in total. The first-order valence-corrected chi connectivity index (χ1v) is 2.91. The van der Waals surface area contributed by atoms with Crippen molar-refractivity contribution in [3.63, 3.8) is 0 Å². The molecule has 0 aliphatic carbocycles. The van der Waals surface area contributed by atoms with Gasteiger partial charge in [0.05, 0.1) is 5.57 Å². The van der Waals surface area contributed by atoms with Gasteiger partial charge < -0.3 is 5.11 Å². The Morgan fingerprint density at radius 2 is 2.27 bits per heavy atom. The van der Waals surface area contributed by atoms with Gasteiger partial charge in [-0.15, -0.1) is 6.42 Å². The second-order valence-electron chi connectivity index (χ2n) is 1.67. The van der Waals surface area contributed by atoms with Crippen molar-refractivity contribution >= 4 is 5.97 Å². The van der Waals surface area contributed by atoms with E-state index in [-0.39, 0.29) is 5.57 Å². The van der Waals surface area contributed by atoms with Gasteiger partial charge in [0.25, 0.3) is 0 Å². The molecular formula is C9H8O2. The highest BCUT2D eigenvalue weighted by Gasteiger charge is 1.99. The first-order chi connectivity index (χ1) is 5.22. The summed E-state index contributed by atoms with van der Waals surface area (Å²) in [5.41, 5.74) is 0.0763. The average Bonchev–Trinajstić information content (AvgIpc) is 1.97. The third-order valence-corrected chi connectivity index (χ3v) is 0.898. The average molecular weight is 148 g/mol. The number of carboxylic acid groups (broad SMARTS) is 1. The number of hydrogen-bond acceptors (Lipinski definition) is 1. The van der Waals surface area contributed by atoms with Gasteiger partial charge in [0, 0.05) is 6.08 Å². The number of carboxylic acids is 1. The zero-order chi connectivity index (χ0) is 8.69. The fourth-order valence-corrected chi connectivity index (χ4v) is 0.443. The van der Waals surface area contributed by atoms with Gasteiger partial charge in [-0.05, 0) is 6.08 Å². The molecule has 0 fully saturated rings. The Bertz CT molecular complexity index is 251. The van der Waals surface area contributed by atoms with Crippen LogP contribution in [0.3, 0.4) is 0 Å². The highest BCUT2D eigenvalue weighted by molar-refractivity contribution is 5.90. The van der Waals surface area contributed by atoms with Crippen LogP contribution in [0, 0.1) is 12.3 Å². The predicted molar refractivity (Wildman–Crippen MR) is 43.9 cm³/mol. The van der Waals surface area contributed by atoms with Gasteiger partial charge in [-0.2, -0.15) is 0 Å². The van der Waals surface area contributed by atoms with E-state index < -0.39 is 5.97 Å². The third-order valence-electron chi connectivity index (χ3n) is 0.898. The summed E-state index contributed by atoms with van der Waals surface area (Å²) in [6.07, 6.45) is 10.4. The van der Waals surface area contributed by atoms with Crippen molar-refractivity contribution in [2.24, 2.45) is 0 Å². The Labute approximate surface area is 65.5 Å². The summed E-state index contributed by atoms with van der Waals surface area (Å²) in [4.78, 5) is 10.3. The first kappa shape index (κ1) is 9.25.